The van der Waals surface area contributed by atoms with E-state index in [0.29, 0.717) is 6.42 Å². The van der Waals surface area contributed by atoms with Gasteiger partial charge in [0.1, 0.15) is 0 Å². The first-order valence-corrected chi connectivity index (χ1v) is 9.85. The Morgan fingerprint density at radius 3 is 2.22 bits per heavy atom. The van der Waals surface area contributed by atoms with Crippen molar-refractivity contribution in [2.75, 3.05) is 62.7 Å². The van der Waals surface area contributed by atoms with Crippen molar-refractivity contribution < 1.29 is 4.79 Å². The second-order valence-electron chi connectivity index (χ2n) is 7.42. The van der Waals surface area contributed by atoms with Crippen molar-refractivity contribution in [2.45, 2.75) is 6.42 Å². The summed E-state index contributed by atoms with van der Waals surface area (Å²) in [5.74, 6) is 0.231. The van der Waals surface area contributed by atoms with Crippen LogP contribution < -0.4 is 9.80 Å². The number of carbonyl (C=O) groups excluding carboxylic acids is 1. The van der Waals surface area contributed by atoms with Gasteiger partial charge in [0.15, 0.2) is 0 Å². The molecule has 27 heavy (non-hydrogen) atoms. The molecule has 0 bridgehead atoms. The van der Waals surface area contributed by atoms with E-state index >= 15 is 0 Å². The number of piperazine rings is 1. The highest BCUT2D eigenvalue weighted by atomic mass is 16.2. The molecule has 0 atom stereocenters. The molecule has 0 spiro atoms. The lowest BCUT2D eigenvalue weighted by molar-refractivity contribution is -0.119. The number of rotatable bonds is 4. The zero-order valence-electron chi connectivity index (χ0n) is 16.1. The maximum Gasteiger partial charge on any atom is 0.228 e. The number of amides is 1. The third-order valence-corrected chi connectivity index (χ3v) is 5.62. The number of hydrogen-bond acceptors (Lipinski definition) is 4. The molecule has 1 amide bonds. The molecule has 0 aliphatic carbocycles. The molecule has 2 heterocycles. The molecule has 5 nitrogen and oxygen atoms in total. The number of benzene rings is 2. The number of nitrogens with zero attached hydrogens (tertiary/aromatic N) is 4. The molecule has 0 radical (unpaired) electrons. The largest absolute Gasteiger partial charge is 0.338 e. The number of fused-ring (bicyclic) bond motifs is 1. The highest BCUT2D eigenvalue weighted by molar-refractivity contribution is 5.98. The Kier molecular flexibility index (Phi) is 5.41. The first kappa shape index (κ1) is 18.0. The van der Waals surface area contributed by atoms with E-state index in [4.69, 9.17) is 0 Å². The third-order valence-electron chi connectivity index (χ3n) is 5.62. The predicted octanol–water partition coefficient (Wildman–Crippen LogP) is 2.81. The van der Waals surface area contributed by atoms with Crippen LogP contribution >= 0.6 is 0 Å². The normalized spacial score (nSPS) is 18.4. The number of carbonyl (C=O) groups is 1. The van der Waals surface area contributed by atoms with E-state index in [1.165, 1.54) is 5.69 Å². The van der Waals surface area contributed by atoms with Gasteiger partial charge < -0.3 is 19.6 Å². The zero-order valence-corrected chi connectivity index (χ0v) is 16.1. The molecule has 4 rings (SSSR count). The Hall–Kier alpha value is -2.37. The molecule has 2 aromatic rings. The van der Waals surface area contributed by atoms with Gasteiger partial charge in [0.05, 0.1) is 11.4 Å². The smallest absolute Gasteiger partial charge is 0.228 e. The van der Waals surface area contributed by atoms with Crippen LogP contribution in [0.3, 0.4) is 0 Å². The molecule has 1 saturated heterocycles. The molecule has 2 aliphatic rings. The second-order valence-corrected chi connectivity index (χ2v) is 7.42. The topological polar surface area (TPSA) is 30.0 Å². The minimum atomic E-state index is 0.231. The zero-order chi connectivity index (χ0) is 18.6. The van der Waals surface area contributed by atoms with E-state index in [0.717, 1.165) is 57.2 Å². The Morgan fingerprint density at radius 2 is 1.48 bits per heavy atom. The van der Waals surface area contributed by atoms with Crippen LogP contribution in [-0.4, -0.2) is 68.6 Å². The standard InChI is InChI=1S/C22H28N4O/c1-23-13-15-24(16-14-23)12-11-22(27)26-18-17-25(19-7-3-2-4-8-19)20-9-5-6-10-21(20)26/h2-10H,11-18H2,1H3. The van der Waals surface area contributed by atoms with E-state index in [-0.39, 0.29) is 5.91 Å². The van der Waals surface area contributed by atoms with Crippen LogP contribution in [0.5, 0.6) is 0 Å². The van der Waals surface area contributed by atoms with Gasteiger partial charge >= 0.3 is 0 Å². The van der Waals surface area contributed by atoms with E-state index in [9.17, 15) is 4.79 Å². The summed E-state index contributed by atoms with van der Waals surface area (Å²) < 4.78 is 0. The quantitative estimate of drug-likeness (QED) is 0.835. The molecule has 0 saturated carbocycles. The Balaban J connectivity index is 1.46. The van der Waals surface area contributed by atoms with Crippen molar-refractivity contribution in [3.05, 3.63) is 54.6 Å². The fraction of sp³-hybridized carbons (Fsp3) is 0.409. The number of likely N-dealkylation sites (N-methyl/N-ethyl adjacent to an activating group) is 1. The lowest BCUT2D eigenvalue weighted by atomic mass is 10.1. The van der Waals surface area contributed by atoms with Gasteiger partial charge in [-0.15, -0.1) is 0 Å². The lowest BCUT2D eigenvalue weighted by Crippen LogP contribution is -2.47. The molecule has 142 valence electrons. The van der Waals surface area contributed by atoms with Gasteiger partial charge in [-0.25, -0.2) is 0 Å². The van der Waals surface area contributed by atoms with Crippen LogP contribution in [0.15, 0.2) is 54.6 Å². The van der Waals surface area contributed by atoms with Gasteiger partial charge in [-0.2, -0.15) is 0 Å². The third kappa shape index (κ3) is 3.99. The summed E-state index contributed by atoms with van der Waals surface area (Å²) >= 11 is 0. The Morgan fingerprint density at radius 1 is 0.815 bits per heavy atom. The summed E-state index contributed by atoms with van der Waals surface area (Å²) in [6, 6.07) is 18.7. The Bertz CT molecular complexity index is 771. The molecular formula is C22H28N4O. The monoisotopic (exact) mass is 364 g/mol. The highest BCUT2D eigenvalue weighted by Crippen LogP contribution is 2.37. The molecule has 2 aliphatic heterocycles. The molecule has 2 aromatic carbocycles. The summed E-state index contributed by atoms with van der Waals surface area (Å²) in [7, 11) is 2.16. The minimum absolute atomic E-state index is 0.231. The van der Waals surface area contributed by atoms with Crippen LogP contribution in [0.2, 0.25) is 0 Å². The summed E-state index contributed by atoms with van der Waals surface area (Å²) in [5, 5.41) is 0. The number of hydrogen-bond donors (Lipinski definition) is 0. The van der Waals surface area contributed by atoms with Crippen LogP contribution in [0.1, 0.15) is 6.42 Å². The average molecular weight is 364 g/mol. The molecule has 1 fully saturated rings. The van der Waals surface area contributed by atoms with E-state index in [1.807, 2.05) is 23.1 Å². The maximum absolute atomic E-state index is 13.0. The maximum atomic E-state index is 13.0. The van der Waals surface area contributed by atoms with Crippen molar-refractivity contribution >= 4 is 23.0 Å². The summed E-state index contributed by atoms with van der Waals surface area (Å²) in [6.45, 7) is 6.70. The fourth-order valence-electron chi connectivity index (χ4n) is 3.96. The van der Waals surface area contributed by atoms with Crippen LogP contribution in [0.25, 0.3) is 0 Å². The molecule has 0 N–H and O–H groups in total. The van der Waals surface area contributed by atoms with Gasteiger partial charge in [-0.3, -0.25) is 4.79 Å². The Labute approximate surface area is 161 Å². The van der Waals surface area contributed by atoms with Crippen LogP contribution in [0.4, 0.5) is 17.1 Å². The van der Waals surface area contributed by atoms with Crippen molar-refractivity contribution in [3.63, 3.8) is 0 Å². The van der Waals surface area contributed by atoms with Gasteiger partial charge in [0.25, 0.3) is 0 Å². The SMILES string of the molecule is CN1CCN(CCC(=O)N2CCN(c3ccccc3)c3ccccc32)CC1. The number of anilines is 3. The van der Waals surface area contributed by atoms with Crippen molar-refractivity contribution in [3.8, 4) is 0 Å². The van der Waals surface area contributed by atoms with Gasteiger partial charge in [-0.05, 0) is 31.3 Å². The molecule has 0 unspecified atom stereocenters. The van der Waals surface area contributed by atoms with Crippen LogP contribution in [0, 0.1) is 0 Å². The van der Waals surface area contributed by atoms with Crippen molar-refractivity contribution in [2.24, 2.45) is 0 Å². The minimum Gasteiger partial charge on any atom is -0.338 e. The summed E-state index contributed by atoms with van der Waals surface area (Å²) in [6.07, 6.45) is 0.587. The highest BCUT2D eigenvalue weighted by Gasteiger charge is 2.27. The second kappa shape index (κ2) is 8.11. The van der Waals surface area contributed by atoms with Gasteiger partial charge in [0, 0.05) is 57.9 Å². The van der Waals surface area contributed by atoms with Gasteiger partial charge in [0.2, 0.25) is 5.91 Å². The first-order chi connectivity index (χ1) is 13.2. The molecule has 5 heteroatoms. The average Bonchev–Trinajstić information content (AvgIpc) is 2.73. The van der Waals surface area contributed by atoms with E-state index in [1.54, 1.807) is 0 Å². The van der Waals surface area contributed by atoms with E-state index < -0.39 is 0 Å². The number of para-hydroxylation sites is 3. The molecule has 0 aromatic heterocycles. The lowest BCUT2D eigenvalue weighted by Gasteiger charge is -2.38. The fourth-order valence-corrected chi connectivity index (χ4v) is 3.96. The van der Waals surface area contributed by atoms with Crippen molar-refractivity contribution in [1.82, 2.24) is 9.80 Å². The van der Waals surface area contributed by atoms with Crippen LogP contribution in [-0.2, 0) is 4.79 Å². The molecular weight excluding hydrogens is 336 g/mol. The summed E-state index contributed by atoms with van der Waals surface area (Å²) in [5.41, 5.74) is 3.31. The van der Waals surface area contributed by atoms with Gasteiger partial charge in [-0.1, -0.05) is 30.3 Å². The van der Waals surface area contributed by atoms with Crippen molar-refractivity contribution in [1.29, 1.82) is 0 Å². The van der Waals surface area contributed by atoms with E-state index in [2.05, 4.69) is 58.1 Å². The summed E-state index contributed by atoms with van der Waals surface area (Å²) in [4.78, 5) is 22.0. The predicted molar refractivity (Wildman–Crippen MR) is 111 cm³/mol. The first-order valence-electron chi connectivity index (χ1n) is 9.85.